The van der Waals surface area contributed by atoms with Crippen LogP contribution in [-0.4, -0.2) is 16.3 Å². The molecule has 4 heteroatoms. The monoisotopic (exact) mass is 200 g/mol. The van der Waals surface area contributed by atoms with Crippen molar-refractivity contribution in [2.24, 2.45) is 0 Å². The molecular weight excluding hydrogens is 183 g/mol. The van der Waals surface area contributed by atoms with Gasteiger partial charge < -0.3 is 9.50 Å². The highest BCUT2D eigenvalue weighted by Crippen LogP contribution is 2.45. The topological polar surface area (TPSA) is 38.1 Å². The zero-order valence-corrected chi connectivity index (χ0v) is 9.51. The molecule has 0 amide bonds. The molecule has 0 saturated carbocycles. The van der Waals surface area contributed by atoms with Crippen LogP contribution in [0.15, 0.2) is 16.9 Å². The number of hydrogen-bond donors (Lipinski definition) is 1. The van der Waals surface area contributed by atoms with Crippen LogP contribution in [0.1, 0.15) is 27.7 Å². The van der Waals surface area contributed by atoms with E-state index in [1.54, 1.807) is 12.5 Å². The van der Waals surface area contributed by atoms with Crippen LogP contribution in [0.4, 0.5) is 6.01 Å². The van der Waals surface area contributed by atoms with Gasteiger partial charge in [-0.1, -0.05) is 27.7 Å². The van der Waals surface area contributed by atoms with Crippen LogP contribution < -0.4 is 5.09 Å². The number of aromatic nitrogens is 1. The van der Waals surface area contributed by atoms with Crippen LogP contribution in [0.3, 0.4) is 0 Å². The Morgan fingerprint density at radius 2 is 1.92 bits per heavy atom. The van der Waals surface area contributed by atoms with Crippen LogP contribution in [0, 0.1) is 0 Å². The molecule has 0 spiro atoms. The van der Waals surface area contributed by atoms with E-state index in [0.717, 1.165) is 0 Å². The average Bonchev–Trinajstić information content (AvgIpc) is 2.50. The Morgan fingerprint density at radius 1 is 1.31 bits per heavy atom. The molecule has 1 aromatic rings. The molecular formula is C9H17N2OP. The molecule has 0 aliphatic carbocycles. The summed E-state index contributed by atoms with van der Waals surface area (Å²) in [6, 6.07) is 0.647. The van der Waals surface area contributed by atoms with Gasteiger partial charge in [0, 0.05) is 0 Å². The lowest BCUT2D eigenvalue weighted by Crippen LogP contribution is -2.10. The fourth-order valence-electron chi connectivity index (χ4n) is 1.24. The Morgan fingerprint density at radius 3 is 2.31 bits per heavy atom. The summed E-state index contributed by atoms with van der Waals surface area (Å²) in [4.78, 5) is 4.06. The summed E-state index contributed by atoms with van der Waals surface area (Å²) in [5.74, 6) is 0. The number of nitrogens with one attached hydrogen (secondary N) is 1. The van der Waals surface area contributed by atoms with Crippen LogP contribution in [0.2, 0.25) is 0 Å². The van der Waals surface area contributed by atoms with Gasteiger partial charge in [-0.25, -0.2) is 4.98 Å². The molecule has 3 nitrogen and oxygen atoms in total. The van der Waals surface area contributed by atoms with Crippen molar-refractivity contribution in [2.75, 3.05) is 5.09 Å². The van der Waals surface area contributed by atoms with Crippen molar-refractivity contribution >= 4 is 14.1 Å². The van der Waals surface area contributed by atoms with Crippen LogP contribution in [0.5, 0.6) is 0 Å². The molecule has 1 aromatic heterocycles. The first-order chi connectivity index (χ1) is 6.11. The first kappa shape index (κ1) is 10.5. The predicted molar refractivity (Wildman–Crippen MR) is 57.3 cm³/mol. The third-order valence-corrected chi connectivity index (χ3v) is 4.44. The largest absolute Gasteiger partial charge is 0.432 e. The van der Waals surface area contributed by atoms with Gasteiger partial charge in [0.2, 0.25) is 0 Å². The third kappa shape index (κ3) is 3.00. The molecule has 0 saturated heterocycles. The van der Waals surface area contributed by atoms with E-state index in [1.807, 2.05) is 0 Å². The first-order valence-electron chi connectivity index (χ1n) is 4.55. The van der Waals surface area contributed by atoms with E-state index in [9.17, 15) is 0 Å². The van der Waals surface area contributed by atoms with Crippen molar-refractivity contribution in [3.8, 4) is 0 Å². The molecule has 1 rings (SSSR count). The molecule has 74 valence electrons. The van der Waals surface area contributed by atoms with E-state index in [1.165, 1.54) is 0 Å². The lowest BCUT2D eigenvalue weighted by Gasteiger charge is -2.25. The Labute approximate surface area is 80.7 Å². The number of hydrogen-bond acceptors (Lipinski definition) is 3. The number of anilines is 1. The molecule has 0 radical (unpaired) electrons. The van der Waals surface area contributed by atoms with Gasteiger partial charge in [-0.15, -0.1) is 0 Å². The summed E-state index contributed by atoms with van der Waals surface area (Å²) >= 11 is 0. The van der Waals surface area contributed by atoms with E-state index in [0.29, 0.717) is 17.3 Å². The summed E-state index contributed by atoms with van der Waals surface area (Å²) in [6.45, 7) is 8.90. The van der Waals surface area contributed by atoms with E-state index < -0.39 is 0 Å². The van der Waals surface area contributed by atoms with Gasteiger partial charge in [0.15, 0.2) is 0 Å². The van der Waals surface area contributed by atoms with Gasteiger partial charge in [0.1, 0.15) is 6.26 Å². The molecule has 0 aliphatic heterocycles. The fourth-order valence-corrected chi connectivity index (χ4v) is 3.28. The van der Waals surface area contributed by atoms with Crippen molar-refractivity contribution in [1.29, 1.82) is 0 Å². The van der Waals surface area contributed by atoms with Crippen molar-refractivity contribution in [3.05, 3.63) is 12.5 Å². The highest BCUT2D eigenvalue weighted by atomic mass is 31.1. The average molecular weight is 200 g/mol. The number of oxazole rings is 1. The van der Waals surface area contributed by atoms with E-state index in [2.05, 4.69) is 37.8 Å². The van der Waals surface area contributed by atoms with Crippen molar-refractivity contribution in [2.45, 2.75) is 39.0 Å². The normalized spacial score (nSPS) is 11.6. The summed E-state index contributed by atoms with van der Waals surface area (Å²) in [5.41, 5.74) is 1.28. The Hall–Kier alpha value is -0.560. The zero-order chi connectivity index (χ0) is 9.84. The van der Waals surface area contributed by atoms with Crippen LogP contribution >= 0.6 is 8.07 Å². The van der Waals surface area contributed by atoms with Gasteiger partial charge in [0.05, 0.1) is 6.20 Å². The minimum absolute atomic E-state index is 0.235. The predicted octanol–water partition coefficient (Wildman–Crippen LogP) is 3.30. The standard InChI is InChI=1S/C9H17N2OP/c1-7(2)13(8(3)4)11-9-10-5-6-12-9/h5-8H,1-4H3,(H,10,11). The highest BCUT2D eigenvalue weighted by molar-refractivity contribution is 7.60. The maximum absolute atomic E-state index is 5.16. The highest BCUT2D eigenvalue weighted by Gasteiger charge is 2.18. The molecule has 0 fully saturated rings. The third-order valence-electron chi connectivity index (χ3n) is 1.77. The minimum Gasteiger partial charge on any atom is -0.432 e. The number of nitrogens with zero attached hydrogens (tertiary/aromatic N) is 1. The second-order valence-corrected chi connectivity index (χ2v) is 6.65. The van der Waals surface area contributed by atoms with Gasteiger partial charge in [-0.05, 0) is 19.4 Å². The van der Waals surface area contributed by atoms with Crippen molar-refractivity contribution in [1.82, 2.24) is 4.98 Å². The Kier molecular flexibility index (Phi) is 3.73. The molecule has 0 aromatic carbocycles. The smallest absolute Gasteiger partial charge is 0.297 e. The molecule has 1 N–H and O–H groups in total. The maximum Gasteiger partial charge on any atom is 0.297 e. The van der Waals surface area contributed by atoms with Gasteiger partial charge in [-0.2, -0.15) is 0 Å². The van der Waals surface area contributed by atoms with E-state index >= 15 is 0 Å². The van der Waals surface area contributed by atoms with Crippen LogP contribution in [0.25, 0.3) is 0 Å². The maximum atomic E-state index is 5.16. The number of rotatable bonds is 4. The first-order valence-corrected chi connectivity index (χ1v) is 6.03. The van der Waals surface area contributed by atoms with Crippen molar-refractivity contribution < 1.29 is 4.42 Å². The van der Waals surface area contributed by atoms with Crippen LogP contribution in [-0.2, 0) is 0 Å². The lowest BCUT2D eigenvalue weighted by molar-refractivity contribution is 0.580. The van der Waals surface area contributed by atoms with Gasteiger partial charge in [-0.3, -0.25) is 0 Å². The molecule has 0 aliphatic rings. The molecule has 1 heterocycles. The van der Waals surface area contributed by atoms with Gasteiger partial charge >= 0.3 is 0 Å². The molecule has 13 heavy (non-hydrogen) atoms. The second-order valence-electron chi connectivity index (χ2n) is 3.54. The summed E-state index contributed by atoms with van der Waals surface area (Å²) in [5, 5.41) is 3.34. The van der Waals surface area contributed by atoms with E-state index in [4.69, 9.17) is 4.42 Å². The Balaban J connectivity index is 2.58. The fraction of sp³-hybridized carbons (Fsp3) is 0.667. The SMILES string of the molecule is CC(C)P(Nc1ncco1)C(C)C. The lowest BCUT2D eigenvalue weighted by atomic mass is 10.5. The van der Waals surface area contributed by atoms with Gasteiger partial charge in [0.25, 0.3) is 6.01 Å². The quantitative estimate of drug-likeness (QED) is 0.758. The van der Waals surface area contributed by atoms with Crippen molar-refractivity contribution in [3.63, 3.8) is 0 Å². The molecule has 0 atom stereocenters. The summed E-state index contributed by atoms with van der Waals surface area (Å²) < 4.78 is 5.16. The van der Waals surface area contributed by atoms with E-state index in [-0.39, 0.29) is 8.07 Å². The zero-order valence-electron chi connectivity index (χ0n) is 8.61. The summed E-state index contributed by atoms with van der Waals surface area (Å²) in [7, 11) is -0.235. The second kappa shape index (κ2) is 4.61. The molecule has 0 unspecified atom stereocenters. The molecule has 0 bridgehead atoms. The minimum atomic E-state index is -0.235. The Bertz CT molecular complexity index is 226. The summed E-state index contributed by atoms with van der Waals surface area (Å²) in [6.07, 6.45) is 3.26.